The maximum Gasteiger partial charge on any atom is 0.223 e. The van der Waals surface area contributed by atoms with E-state index >= 15 is 0 Å². The van der Waals surface area contributed by atoms with Gasteiger partial charge in [-0.3, -0.25) is 0 Å². The molecule has 0 spiro atoms. The number of rotatable bonds is 1. The molecule has 6 N–H and O–H groups in total. The maximum absolute atomic E-state index is 5.85. The Morgan fingerprint density at radius 3 is 2.12 bits per heavy atom. The first kappa shape index (κ1) is 18.5. The highest BCUT2D eigenvalue weighted by Crippen LogP contribution is 2.27. The van der Waals surface area contributed by atoms with Crippen molar-refractivity contribution in [2.75, 3.05) is 0 Å². The molecule has 0 aromatic heterocycles. The molecule has 0 amide bonds. The van der Waals surface area contributed by atoms with Crippen LogP contribution in [0.1, 0.15) is 0 Å². The molecule has 1 rings (SSSR count). The monoisotopic (exact) mass is 317 g/mol. The average Bonchev–Trinajstić information content (AvgIpc) is 2.08. The summed E-state index contributed by atoms with van der Waals surface area (Å²) in [4.78, 5) is 7.44. The third-order valence-electron chi connectivity index (χ3n) is 1.39. The van der Waals surface area contributed by atoms with Crippen molar-refractivity contribution in [3.8, 4) is 0 Å². The number of guanidine groups is 2. The summed E-state index contributed by atoms with van der Waals surface area (Å²) in [5.41, 5.74) is 16.1. The Kier molecular flexibility index (Phi) is 8.97. The van der Waals surface area contributed by atoms with Crippen LogP contribution < -0.4 is 17.2 Å². The maximum atomic E-state index is 5.85. The van der Waals surface area contributed by atoms with E-state index in [0.29, 0.717) is 15.7 Å². The second kappa shape index (κ2) is 8.25. The molecule has 0 radical (unpaired) electrons. The van der Waals surface area contributed by atoms with Gasteiger partial charge in [0, 0.05) is 5.02 Å². The third kappa shape index (κ3) is 6.43. The first-order chi connectivity index (χ1) is 6.99. The largest absolute Gasteiger partial charge is 0.370 e. The van der Waals surface area contributed by atoms with E-state index in [1.54, 1.807) is 18.2 Å². The second-order valence-electron chi connectivity index (χ2n) is 2.60. The summed E-state index contributed by atoms with van der Waals surface area (Å²) in [5, 5.41) is 0.885. The van der Waals surface area contributed by atoms with Crippen LogP contribution in [0.4, 0.5) is 5.69 Å². The normalized spacial score (nSPS) is 9.88. The van der Waals surface area contributed by atoms with E-state index in [1.165, 1.54) is 0 Å². The van der Waals surface area contributed by atoms with E-state index < -0.39 is 0 Å². The SMILES string of the molecule is Cl.Cl.NC(N)=NC(N)=Nc1ccc(Cl)cc1Cl. The van der Waals surface area contributed by atoms with Gasteiger partial charge < -0.3 is 17.2 Å². The van der Waals surface area contributed by atoms with Gasteiger partial charge in [-0.15, -0.1) is 24.8 Å². The molecule has 0 atom stereocenters. The van der Waals surface area contributed by atoms with Gasteiger partial charge in [0.2, 0.25) is 5.96 Å². The van der Waals surface area contributed by atoms with Crippen LogP contribution in [-0.4, -0.2) is 11.9 Å². The standard InChI is InChI=1S/C8H9Cl2N5.2ClH/c9-4-1-2-6(5(10)3-4)14-8(13)15-7(11)12;;/h1-3H,(H6,11,12,13,14,15);2*1H. The van der Waals surface area contributed by atoms with Gasteiger partial charge in [0.15, 0.2) is 5.96 Å². The lowest BCUT2D eigenvalue weighted by Crippen LogP contribution is -2.26. The second-order valence-corrected chi connectivity index (χ2v) is 3.45. The lowest BCUT2D eigenvalue weighted by Gasteiger charge is -1.99. The molecule has 0 bridgehead atoms. The zero-order valence-electron chi connectivity index (χ0n) is 8.43. The molecule has 0 saturated heterocycles. The summed E-state index contributed by atoms with van der Waals surface area (Å²) < 4.78 is 0. The molecule has 0 heterocycles. The smallest absolute Gasteiger partial charge is 0.223 e. The average molecular weight is 319 g/mol. The quantitative estimate of drug-likeness (QED) is 0.545. The lowest BCUT2D eigenvalue weighted by atomic mass is 10.3. The highest BCUT2D eigenvalue weighted by molar-refractivity contribution is 6.36. The van der Waals surface area contributed by atoms with Crippen LogP contribution >= 0.6 is 48.0 Å². The van der Waals surface area contributed by atoms with E-state index in [-0.39, 0.29) is 36.7 Å². The fourth-order valence-corrected chi connectivity index (χ4v) is 1.30. The zero-order valence-corrected chi connectivity index (χ0v) is 11.6. The number of nitrogens with zero attached hydrogens (tertiary/aromatic N) is 2. The van der Waals surface area contributed by atoms with Crippen molar-refractivity contribution < 1.29 is 0 Å². The number of aliphatic imine (C=N–C) groups is 2. The molecule has 0 fully saturated rings. The molecule has 9 heteroatoms. The molecule has 0 aliphatic rings. The summed E-state index contributed by atoms with van der Waals surface area (Å²) in [6.45, 7) is 0. The van der Waals surface area contributed by atoms with Crippen LogP contribution in [0.15, 0.2) is 28.2 Å². The summed E-state index contributed by atoms with van der Waals surface area (Å²) in [5.74, 6) is -0.236. The molecular formula is C8H11Cl4N5. The summed E-state index contributed by atoms with van der Waals surface area (Å²) >= 11 is 11.6. The van der Waals surface area contributed by atoms with Gasteiger partial charge in [0.25, 0.3) is 0 Å². The fourth-order valence-electron chi connectivity index (χ4n) is 0.853. The Balaban J connectivity index is 0. The fraction of sp³-hybridized carbons (Fsp3) is 0. The number of halogens is 4. The van der Waals surface area contributed by atoms with E-state index in [1.807, 2.05) is 0 Å². The van der Waals surface area contributed by atoms with Crippen molar-refractivity contribution in [2.24, 2.45) is 27.2 Å². The van der Waals surface area contributed by atoms with Gasteiger partial charge >= 0.3 is 0 Å². The molecule has 17 heavy (non-hydrogen) atoms. The van der Waals surface area contributed by atoms with Gasteiger partial charge in [-0.25, -0.2) is 4.99 Å². The number of hydrogen-bond donors (Lipinski definition) is 3. The van der Waals surface area contributed by atoms with Crippen molar-refractivity contribution in [2.45, 2.75) is 0 Å². The predicted octanol–water partition coefficient (Wildman–Crippen LogP) is 2.06. The van der Waals surface area contributed by atoms with E-state index in [9.17, 15) is 0 Å². The minimum Gasteiger partial charge on any atom is -0.370 e. The third-order valence-corrected chi connectivity index (χ3v) is 1.93. The van der Waals surface area contributed by atoms with Gasteiger partial charge in [0.1, 0.15) is 0 Å². The van der Waals surface area contributed by atoms with Crippen LogP contribution in [0.25, 0.3) is 0 Å². The molecule has 1 aromatic rings. The Labute approximate surface area is 121 Å². The van der Waals surface area contributed by atoms with Crippen molar-refractivity contribution in [3.05, 3.63) is 28.2 Å². The van der Waals surface area contributed by atoms with Crippen LogP contribution in [0.3, 0.4) is 0 Å². The van der Waals surface area contributed by atoms with Gasteiger partial charge in [-0.1, -0.05) is 23.2 Å². The molecular weight excluding hydrogens is 308 g/mol. The molecule has 0 saturated carbocycles. The highest BCUT2D eigenvalue weighted by Gasteiger charge is 2.00. The highest BCUT2D eigenvalue weighted by atomic mass is 35.5. The first-order valence-corrected chi connectivity index (χ1v) is 4.63. The summed E-state index contributed by atoms with van der Waals surface area (Å²) in [6, 6.07) is 4.79. The van der Waals surface area contributed by atoms with E-state index in [0.717, 1.165) is 0 Å². The number of hydrogen-bond acceptors (Lipinski definition) is 1. The molecule has 1 aromatic carbocycles. The lowest BCUT2D eigenvalue weighted by molar-refractivity contribution is 1.38. The molecule has 5 nitrogen and oxygen atoms in total. The Hall–Kier alpha value is -0.880. The van der Waals surface area contributed by atoms with Gasteiger partial charge in [0.05, 0.1) is 10.7 Å². The minimum atomic E-state index is -0.165. The van der Waals surface area contributed by atoms with Crippen molar-refractivity contribution in [1.82, 2.24) is 0 Å². The van der Waals surface area contributed by atoms with E-state index in [2.05, 4.69) is 9.98 Å². The zero-order chi connectivity index (χ0) is 11.4. The molecule has 0 aliphatic heterocycles. The van der Waals surface area contributed by atoms with Crippen molar-refractivity contribution >= 4 is 65.6 Å². The van der Waals surface area contributed by atoms with Crippen LogP contribution in [-0.2, 0) is 0 Å². The van der Waals surface area contributed by atoms with Crippen LogP contribution in [0.2, 0.25) is 10.0 Å². The van der Waals surface area contributed by atoms with Gasteiger partial charge in [-0.05, 0) is 18.2 Å². The molecule has 0 aliphatic carbocycles. The topological polar surface area (TPSA) is 103 Å². The van der Waals surface area contributed by atoms with Crippen molar-refractivity contribution in [1.29, 1.82) is 0 Å². The summed E-state index contributed by atoms with van der Waals surface area (Å²) in [7, 11) is 0. The molecule has 96 valence electrons. The van der Waals surface area contributed by atoms with Crippen LogP contribution in [0.5, 0.6) is 0 Å². The van der Waals surface area contributed by atoms with E-state index in [4.69, 9.17) is 40.4 Å². The summed E-state index contributed by atoms with van der Waals surface area (Å²) in [6.07, 6.45) is 0. The Bertz CT molecular complexity index is 428. The Morgan fingerprint density at radius 2 is 1.65 bits per heavy atom. The molecule has 0 unspecified atom stereocenters. The van der Waals surface area contributed by atoms with Crippen LogP contribution in [0, 0.1) is 0 Å². The Morgan fingerprint density at radius 1 is 1.06 bits per heavy atom. The first-order valence-electron chi connectivity index (χ1n) is 3.88. The number of benzene rings is 1. The number of nitrogens with two attached hydrogens (primary N) is 3. The van der Waals surface area contributed by atoms with Crippen molar-refractivity contribution in [3.63, 3.8) is 0 Å². The minimum absolute atomic E-state index is 0. The van der Waals surface area contributed by atoms with Gasteiger partial charge in [-0.2, -0.15) is 4.99 Å². The predicted molar refractivity (Wildman–Crippen MR) is 78.1 cm³/mol.